The van der Waals surface area contributed by atoms with Gasteiger partial charge in [-0.05, 0) is 24.6 Å². The highest BCUT2D eigenvalue weighted by Crippen LogP contribution is 2.18. The molecule has 1 amide bonds. The lowest BCUT2D eigenvalue weighted by Gasteiger charge is -2.06. The summed E-state index contributed by atoms with van der Waals surface area (Å²) >= 11 is 5.67. The molecule has 0 radical (unpaired) electrons. The first-order chi connectivity index (χ1) is 8.16. The first-order valence-electron chi connectivity index (χ1n) is 5.20. The summed E-state index contributed by atoms with van der Waals surface area (Å²) in [6.07, 6.45) is 3.37. The van der Waals surface area contributed by atoms with Crippen molar-refractivity contribution in [2.24, 2.45) is 0 Å². The maximum absolute atomic E-state index is 11.4. The molecule has 0 fully saturated rings. The Kier molecular flexibility index (Phi) is 3.44. The summed E-state index contributed by atoms with van der Waals surface area (Å²) in [6.45, 7) is 1.63. The van der Waals surface area contributed by atoms with Crippen molar-refractivity contribution in [1.29, 1.82) is 0 Å². The van der Waals surface area contributed by atoms with E-state index in [4.69, 9.17) is 11.6 Å². The van der Waals surface area contributed by atoms with Crippen LogP contribution in [0.5, 0.6) is 0 Å². The van der Waals surface area contributed by atoms with Crippen molar-refractivity contribution in [2.75, 3.05) is 5.32 Å². The van der Waals surface area contributed by atoms with E-state index in [-0.39, 0.29) is 5.91 Å². The van der Waals surface area contributed by atoms with Crippen molar-refractivity contribution in [3.8, 4) is 11.3 Å². The van der Waals surface area contributed by atoms with Gasteiger partial charge in [-0.1, -0.05) is 12.1 Å². The number of hydrogen-bond donors (Lipinski definition) is 2. The molecule has 0 saturated heterocycles. The Balaban J connectivity index is 2.11. The minimum Gasteiger partial charge on any atom is -0.345 e. The van der Waals surface area contributed by atoms with Crippen molar-refractivity contribution < 1.29 is 4.79 Å². The zero-order valence-corrected chi connectivity index (χ0v) is 10.0. The Morgan fingerprint density at radius 2 is 2.12 bits per heavy atom. The molecule has 0 saturated carbocycles. The molecular formula is C12H12ClN3O. The van der Waals surface area contributed by atoms with Gasteiger partial charge in [0.2, 0.25) is 5.91 Å². The maximum Gasteiger partial charge on any atom is 0.242 e. The van der Waals surface area contributed by atoms with E-state index >= 15 is 0 Å². The SMILES string of the molecule is CC(Cl)C(=O)Nc1ccc(-c2cnc[nH]2)cc1. The van der Waals surface area contributed by atoms with E-state index in [9.17, 15) is 4.79 Å². The molecule has 0 bridgehead atoms. The molecule has 0 aliphatic rings. The van der Waals surface area contributed by atoms with Gasteiger partial charge in [0.1, 0.15) is 5.38 Å². The largest absolute Gasteiger partial charge is 0.345 e. The lowest BCUT2D eigenvalue weighted by atomic mass is 10.1. The number of hydrogen-bond acceptors (Lipinski definition) is 2. The van der Waals surface area contributed by atoms with Gasteiger partial charge >= 0.3 is 0 Å². The van der Waals surface area contributed by atoms with Crippen molar-refractivity contribution >= 4 is 23.2 Å². The smallest absolute Gasteiger partial charge is 0.242 e. The van der Waals surface area contributed by atoms with Crippen LogP contribution in [-0.2, 0) is 4.79 Å². The molecule has 1 unspecified atom stereocenters. The molecule has 17 heavy (non-hydrogen) atoms. The number of nitrogens with one attached hydrogen (secondary N) is 2. The van der Waals surface area contributed by atoms with E-state index in [2.05, 4.69) is 15.3 Å². The molecule has 0 spiro atoms. The molecule has 1 heterocycles. The Morgan fingerprint density at radius 3 is 2.65 bits per heavy atom. The summed E-state index contributed by atoms with van der Waals surface area (Å²) in [6, 6.07) is 7.46. The predicted molar refractivity (Wildman–Crippen MR) is 68.0 cm³/mol. The maximum atomic E-state index is 11.4. The Bertz CT molecular complexity index is 491. The van der Waals surface area contributed by atoms with E-state index in [1.54, 1.807) is 19.4 Å². The van der Waals surface area contributed by atoms with Crippen molar-refractivity contribution in [2.45, 2.75) is 12.3 Å². The number of aromatic amines is 1. The lowest BCUT2D eigenvalue weighted by Crippen LogP contribution is -2.20. The van der Waals surface area contributed by atoms with E-state index in [0.29, 0.717) is 0 Å². The third kappa shape index (κ3) is 2.85. The summed E-state index contributed by atoms with van der Waals surface area (Å²) in [5, 5.41) is 2.18. The van der Waals surface area contributed by atoms with Crippen LogP contribution in [-0.4, -0.2) is 21.3 Å². The third-order valence-electron chi connectivity index (χ3n) is 2.32. The Labute approximate surface area is 104 Å². The molecule has 2 N–H and O–H groups in total. The zero-order chi connectivity index (χ0) is 12.3. The van der Waals surface area contributed by atoms with Gasteiger partial charge in [-0.25, -0.2) is 4.98 Å². The molecule has 5 heteroatoms. The van der Waals surface area contributed by atoms with Gasteiger partial charge in [-0.15, -0.1) is 11.6 Å². The van der Waals surface area contributed by atoms with Crippen molar-refractivity contribution in [3.05, 3.63) is 36.8 Å². The van der Waals surface area contributed by atoms with Crippen LogP contribution < -0.4 is 5.32 Å². The molecule has 88 valence electrons. The van der Waals surface area contributed by atoms with Crippen LogP contribution in [0.4, 0.5) is 5.69 Å². The summed E-state index contributed by atoms with van der Waals surface area (Å²) in [5.74, 6) is -0.207. The number of imidazole rings is 1. The van der Waals surface area contributed by atoms with Crippen LogP contribution in [0.15, 0.2) is 36.8 Å². The van der Waals surface area contributed by atoms with E-state index < -0.39 is 5.38 Å². The lowest BCUT2D eigenvalue weighted by molar-refractivity contribution is -0.115. The predicted octanol–water partition coefficient (Wildman–Crippen LogP) is 2.64. The Hall–Kier alpha value is -1.81. The van der Waals surface area contributed by atoms with Crippen molar-refractivity contribution in [1.82, 2.24) is 9.97 Å². The molecule has 0 aliphatic carbocycles. The van der Waals surface area contributed by atoms with Crippen LogP contribution in [0.25, 0.3) is 11.3 Å². The normalized spacial score (nSPS) is 12.1. The highest BCUT2D eigenvalue weighted by atomic mass is 35.5. The fourth-order valence-electron chi connectivity index (χ4n) is 1.39. The number of halogens is 1. The molecule has 1 aromatic carbocycles. The highest BCUT2D eigenvalue weighted by Gasteiger charge is 2.08. The molecule has 4 nitrogen and oxygen atoms in total. The van der Waals surface area contributed by atoms with Gasteiger partial charge in [-0.2, -0.15) is 0 Å². The molecule has 2 rings (SSSR count). The molecule has 1 aromatic heterocycles. The van der Waals surface area contributed by atoms with Gasteiger partial charge in [0.05, 0.1) is 18.2 Å². The minimum absolute atomic E-state index is 0.207. The average Bonchev–Trinajstić information content (AvgIpc) is 2.83. The number of nitrogens with zero attached hydrogens (tertiary/aromatic N) is 1. The number of benzene rings is 1. The molecule has 0 aliphatic heterocycles. The second-order valence-corrected chi connectivity index (χ2v) is 4.30. The summed E-state index contributed by atoms with van der Waals surface area (Å²) in [7, 11) is 0. The number of aromatic nitrogens is 2. The first kappa shape index (κ1) is 11.7. The van der Waals surface area contributed by atoms with E-state index in [1.165, 1.54) is 0 Å². The van der Waals surface area contributed by atoms with Gasteiger partial charge in [0.25, 0.3) is 0 Å². The second-order valence-electron chi connectivity index (χ2n) is 3.65. The van der Waals surface area contributed by atoms with E-state index in [1.807, 2.05) is 24.3 Å². The standard InChI is InChI=1S/C12H12ClN3O/c1-8(13)12(17)16-10-4-2-9(3-5-10)11-6-14-7-15-11/h2-8H,1H3,(H,14,15)(H,16,17). The second kappa shape index (κ2) is 5.01. The van der Waals surface area contributed by atoms with Crippen LogP contribution >= 0.6 is 11.6 Å². The minimum atomic E-state index is -0.540. The van der Waals surface area contributed by atoms with Gasteiger partial charge in [0, 0.05) is 5.69 Å². The summed E-state index contributed by atoms with van der Waals surface area (Å²) in [5.41, 5.74) is 2.68. The first-order valence-corrected chi connectivity index (χ1v) is 5.64. The van der Waals surface area contributed by atoms with Gasteiger partial charge < -0.3 is 10.3 Å². The average molecular weight is 250 g/mol. The summed E-state index contributed by atoms with van der Waals surface area (Å²) < 4.78 is 0. The van der Waals surface area contributed by atoms with Crippen LogP contribution in [0.1, 0.15) is 6.92 Å². The molecule has 1 atom stereocenters. The fraction of sp³-hybridized carbons (Fsp3) is 0.167. The molecule has 2 aromatic rings. The van der Waals surface area contributed by atoms with Gasteiger partial charge in [-0.3, -0.25) is 4.79 Å². The topological polar surface area (TPSA) is 57.8 Å². The number of alkyl halides is 1. The molecular weight excluding hydrogens is 238 g/mol. The summed E-state index contributed by atoms with van der Waals surface area (Å²) in [4.78, 5) is 18.3. The van der Waals surface area contributed by atoms with Crippen molar-refractivity contribution in [3.63, 3.8) is 0 Å². The number of carbonyl (C=O) groups is 1. The highest BCUT2D eigenvalue weighted by molar-refractivity contribution is 6.32. The quantitative estimate of drug-likeness (QED) is 0.822. The number of rotatable bonds is 3. The number of anilines is 1. The zero-order valence-electron chi connectivity index (χ0n) is 9.27. The number of H-pyrrole nitrogens is 1. The van der Waals surface area contributed by atoms with Crippen LogP contribution in [0.3, 0.4) is 0 Å². The van der Waals surface area contributed by atoms with Gasteiger partial charge in [0.15, 0.2) is 0 Å². The van der Waals surface area contributed by atoms with E-state index in [0.717, 1.165) is 16.9 Å². The number of carbonyl (C=O) groups excluding carboxylic acids is 1. The number of amides is 1. The Morgan fingerprint density at radius 1 is 1.41 bits per heavy atom. The van der Waals surface area contributed by atoms with Crippen LogP contribution in [0, 0.1) is 0 Å². The third-order valence-corrected chi connectivity index (χ3v) is 2.52. The van der Waals surface area contributed by atoms with Crippen LogP contribution in [0.2, 0.25) is 0 Å². The monoisotopic (exact) mass is 249 g/mol. The fourth-order valence-corrected chi connectivity index (χ4v) is 1.44.